The van der Waals surface area contributed by atoms with Gasteiger partial charge < -0.3 is 20.1 Å². The van der Waals surface area contributed by atoms with E-state index in [1.54, 1.807) is 10.9 Å². The van der Waals surface area contributed by atoms with Gasteiger partial charge in [-0.05, 0) is 92.8 Å². The van der Waals surface area contributed by atoms with Crippen LogP contribution in [-0.2, 0) is 36.4 Å². The quantitative estimate of drug-likeness (QED) is 0.0954. The molecule has 3 aliphatic rings. The third kappa shape index (κ3) is 8.97. The molecule has 3 fully saturated rings. The number of amides is 1. The molecule has 0 unspecified atom stereocenters. The number of ketones is 1. The number of aromatic nitrogens is 6. The van der Waals surface area contributed by atoms with Crippen LogP contribution in [0.4, 0.5) is 26.3 Å². The van der Waals surface area contributed by atoms with Gasteiger partial charge in [-0.2, -0.15) is 36.5 Å². The number of benzene rings is 1. The zero-order chi connectivity index (χ0) is 44.8. The van der Waals surface area contributed by atoms with Crippen molar-refractivity contribution in [3.05, 3.63) is 109 Å². The number of hydrogen-bond acceptors (Lipinski definition) is 9. The highest BCUT2D eigenvalue weighted by molar-refractivity contribution is 5.94. The zero-order valence-corrected chi connectivity index (χ0v) is 33.9. The SMILES string of the molecule is CNC(=O)c1nn(CC2(c3cc(C(F)(F)F)cc(C(F)(F)F)c3)CCCC2)cc(O)c1=O.Cc1cn(C2(Cn3cc(O)c(=O)c(C(=O)CC4CC4)n3)CCCC2)c2ncccc12. The number of Topliss-reactive ketones (excluding diaryl/α,β-unsaturated/α-hetero) is 1. The van der Waals surface area contributed by atoms with Gasteiger partial charge in [0, 0.05) is 36.7 Å². The monoisotopic (exact) mass is 869 g/mol. The molecule has 5 aromatic rings. The van der Waals surface area contributed by atoms with Crippen LogP contribution in [0.5, 0.6) is 11.5 Å². The smallest absolute Gasteiger partial charge is 0.416 e. The minimum atomic E-state index is -4.99. The van der Waals surface area contributed by atoms with Crippen molar-refractivity contribution in [2.75, 3.05) is 7.05 Å². The summed E-state index contributed by atoms with van der Waals surface area (Å²) < 4.78 is 85.0. The van der Waals surface area contributed by atoms with E-state index < -0.39 is 62.9 Å². The maximum Gasteiger partial charge on any atom is 0.416 e. The van der Waals surface area contributed by atoms with Gasteiger partial charge in [-0.25, -0.2) is 4.98 Å². The number of nitrogens with one attached hydrogen (secondary N) is 1. The van der Waals surface area contributed by atoms with Crippen LogP contribution in [0.15, 0.2) is 64.7 Å². The highest BCUT2D eigenvalue weighted by atomic mass is 19.4. The van der Waals surface area contributed by atoms with Crippen molar-refractivity contribution >= 4 is 22.7 Å². The number of nitrogens with zero attached hydrogens (tertiary/aromatic N) is 6. The normalized spacial score (nSPS) is 17.2. The second-order valence-electron chi connectivity index (χ2n) is 16.7. The lowest BCUT2D eigenvalue weighted by molar-refractivity contribution is -0.143. The summed E-state index contributed by atoms with van der Waals surface area (Å²) in [6, 6.07) is 5.49. The number of fused-ring (bicyclic) bond motifs is 1. The number of carbonyl (C=O) groups excluding carboxylic acids is 2. The molecule has 4 heterocycles. The lowest BCUT2D eigenvalue weighted by Crippen LogP contribution is -2.37. The van der Waals surface area contributed by atoms with Gasteiger partial charge in [-0.1, -0.05) is 25.7 Å². The first-order chi connectivity index (χ1) is 29.2. The summed E-state index contributed by atoms with van der Waals surface area (Å²) in [5, 5.41) is 31.7. The molecule has 1 aromatic carbocycles. The highest BCUT2D eigenvalue weighted by Crippen LogP contribution is 2.46. The number of hydrogen-bond donors (Lipinski definition) is 3. The van der Waals surface area contributed by atoms with Crippen LogP contribution >= 0.6 is 0 Å². The van der Waals surface area contributed by atoms with Gasteiger partial charge in [0.15, 0.2) is 28.7 Å². The number of alkyl halides is 6. The Kier molecular flexibility index (Phi) is 11.9. The van der Waals surface area contributed by atoms with Gasteiger partial charge in [-0.3, -0.25) is 28.5 Å². The molecule has 330 valence electrons. The van der Waals surface area contributed by atoms with Gasteiger partial charge in [-0.15, -0.1) is 0 Å². The fourth-order valence-electron chi connectivity index (χ4n) is 8.89. The van der Waals surface area contributed by atoms with Gasteiger partial charge in [0.05, 0.1) is 42.1 Å². The van der Waals surface area contributed by atoms with Gasteiger partial charge >= 0.3 is 12.4 Å². The van der Waals surface area contributed by atoms with E-state index in [1.807, 2.05) is 6.07 Å². The van der Waals surface area contributed by atoms with Crippen molar-refractivity contribution in [2.24, 2.45) is 5.92 Å². The predicted molar refractivity (Wildman–Crippen MR) is 213 cm³/mol. The fourth-order valence-corrected chi connectivity index (χ4v) is 8.89. The summed E-state index contributed by atoms with van der Waals surface area (Å²) in [7, 11) is 1.23. The third-order valence-corrected chi connectivity index (χ3v) is 12.3. The summed E-state index contributed by atoms with van der Waals surface area (Å²) in [5.74, 6) is -2.03. The average molecular weight is 870 g/mol. The van der Waals surface area contributed by atoms with Crippen LogP contribution in [0.3, 0.4) is 0 Å². The van der Waals surface area contributed by atoms with Crippen molar-refractivity contribution in [3.8, 4) is 11.5 Å². The molecular weight excluding hydrogens is 825 g/mol. The molecule has 1 amide bonds. The van der Waals surface area contributed by atoms with Crippen molar-refractivity contribution in [1.82, 2.24) is 34.4 Å². The van der Waals surface area contributed by atoms with E-state index in [0.29, 0.717) is 43.9 Å². The topological polar surface area (TPSA) is 174 Å². The summed E-state index contributed by atoms with van der Waals surface area (Å²) in [4.78, 5) is 53.5. The van der Waals surface area contributed by atoms with Gasteiger partial charge in [0.2, 0.25) is 0 Å². The number of aromatic hydroxyl groups is 2. The molecule has 3 saturated carbocycles. The predicted octanol–water partition coefficient (Wildman–Crippen LogP) is 7.42. The largest absolute Gasteiger partial charge is 0.503 e. The summed E-state index contributed by atoms with van der Waals surface area (Å²) in [6.07, 6.45) is 4.32. The number of rotatable bonds is 10. The van der Waals surface area contributed by atoms with E-state index in [1.165, 1.54) is 18.8 Å². The summed E-state index contributed by atoms with van der Waals surface area (Å²) in [6.45, 7) is 2.33. The molecule has 0 saturated heterocycles. The van der Waals surface area contributed by atoms with Crippen LogP contribution in [-0.4, -0.2) is 58.1 Å². The highest BCUT2D eigenvalue weighted by Gasteiger charge is 2.43. The molecule has 3 N–H and O–H groups in total. The van der Waals surface area contributed by atoms with Crippen LogP contribution in [0.25, 0.3) is 11.0 Å². The van der Waals surface area contributed by atoms with E-state index in [-0.39, 0.29) is 48.0 Å². The molecule has 8 rings (SSSR count). The molecule has 62 heavy (non-hydrogen) atoms. The third-order valence-electron chi connectivity index (χ3n) is 12.3. The Morgan fingerprint density at radius 3 is 1.92 bits per heavy atom. The number of aryl methyl sites for hydroxylation is 1. The molecule has 0 aliphatic heterocycles. The van der Waals surface area contributed by atoms with Gasteiger partial charge in [0.1, 0.15) is 5.65 Å². The van der Waals surface area contributed by atoms with Crippen molar-refractivity contribution in [3.63, 3.8) is 0 Å². The molecule has 4 aromatic heterocycles. The molecule has 13 nitrogen and oxygen atoms in total. The van der Waals surface area contributed by atoms with Gasteiger partial charge in [0.25, 0.3) is 16.8 Å². The van der Waals surface area contributed by atoms with Crippen molar-refractivity contribution in [1.29, 1.82) is 0 Å². The van der Waals surface area contributed by atoms with E-state index in [2.05, 4.69) is 44.3 Å². The van der Waals surface area contributed by atoms with Crippen molar-refractivity contribution in [2.45, 2.75) is 114 Å². The van der Waals surface area contributed by atoms with Crippen LogP contribution in [0.1, 0.15) is 114 Å². The van der Waals surface area contributed by atoms with E-state index in [4.69, 9.17) is 0 Å². The van der Waals surface area contributed by atoms with Crippen molar-refractivity contribution < 1.29 is 46.1 Å². The molecule has 0 atom stereocenters. The minimum Gasteiger partial charge on any atom is -0.503 e. The summed E-state index contributed by atoms with van der Waals surface area (Å²) in [5.41, 5.74) is -4.82. The first kappa shape index (κ1) is 44.1. The Hall–Kier alpha value is -6.01. The first-order valence-corrected chi connectivity index (χ1v) is 20.3. The van der Waals surface area contributed by atoms with Crippen LogP contribution in [0, 0.1) is 12.8 Å². The van der Waals surface area contributed by atoms with Crippen LogP contribution < -0.4 is 16.2 Å². The zero-order valence-electron chi connectivity index (χ0n) is 33.9. The maximum absolute atomic E-state index is 13.4. The fraction of sp³-hybridized carbons (Fsp3) is 0.465. The Morgan fingerprint density at radius 2 is 1.35 bits per heavy atom. The molecule has 0 spiro atoms. The second-order valence-corrected chi connectivity index (χ2v) is 16.7. The molecule has 0 bridgehead atoms. The minimum absolute atomic E-state index is 0.0687. The number of halogens is 6. The average Bonchev–Trinajstić information content (AvgIpc) is 3.53. The number of carbonyl (C=O) groups is 2. The Morgan fingerprint density at radius 1 is 0.806 bits per heavy atom. The number of pyridine rings is 1. The molecule has 0 radical (unpaired) electrons. The van der Waals surface area contributed by atoms with E-state index in [9.17, 15) is 55.7 Å². The molecule has 19 heteroatoms. The van der Waals surface area contributed by atoms with E-state index in [0.717, 1.165) is 60.4 Å². The van der Waals surface area contributed by atoms with E-state index >= 15 is 0 Å². The second kappa shape index (κ2) is 16.7. The first-order valence-electron chi connectivity index (χ1n) is 20.3. The summed E-state index contributed by atoms with van der Waals surface area (Å²) >= 11 is 0. The Balaban J connectivity index is 0.000000187. The maximum atomic E-state index is 13.4. The Bertz CT molecular complexity index is 2600. The Labute approximate surface area is 350 Å². The molecule has 3 aliphatic carbocycles. The lowest BCUT2D eigenvalue weighted by atomic mass is 9.77. The lowest BCUT2D eigenvalue weighted by Gasteiger charge is -2.32. The van der Waals surface area contributed by atoms with Crippen LogP contribution in [0.2, 0.25) is 0 Å². The standard InChI is InChI=1S/C23H26N4O3.C20H19F6N3O3/c1-15-12-27(22-17(15)5-4-10-24-22)23(8-2-3-9-23)14-26-13-19(29)21(30)20(25-26)18(28)11-16-6-7-16;1-27-17(32)15-16(31)14(30)9-29(28-15)10-18(4-2-3-5-18)11-6-12(19(21,22)23)8-13(7-11)20(24,25)26/h4-5,10,12-13,16,29H,2-3,6-9,11,14H2,1H3;6-9,30H,2-5,10H2,1H3,(H,27,32). The molecular formula is C43H45F6N7O6.